The minimum atomic E-state index is -0.719. The molecule has 0 bridgehead atoms. The van der Waals surface area contributed by atoms with E-state index in [-0.39, 0.29) is 17.9 Å². The average molecular weight is 441 g/mol. The molecule has 1 N–H and O–H groups in total. The quantitative estimate of drug-likeness (QED) is 0.592. The maximum atomic E-state index is 14.4. The molecule has 0 radical (unpaired) electrons. The summed E-state index contributed by atoms with van der Waals surface area (Å²) in [6, 6.07) is 11.4. The smallest absolute Gasteiger partial charge is 0.254 e. The number of carbonyl (C=O) groups is 1. The van der Waals surface area contributed by atoms with Crippen LogP contribution in [0.3, 0.4) is 0 Å². The molecule has 1 aromatic heterocycles. The van der Waals surface area contributed by atoms with Gasteiger partial charge in [-0.15, -0.1) is 0 Å². The molecule has 5 nitrogen and oxygen atoms in total. The fourth-order valence-electron chi connectivity index (χ4n) is 3.96. The van der Waals surface area contributed by atoms with Crippen molar-refractivity contribution in [2.45, 2.75) is 12.8 Å². The third-order valence-corrected chi connectivity index (χ3v) is 5.43. The maximum absolute atomic E-state index is 14.4. The number of aromatic nitrogens is 1. The van der Waals surface area contributed by atoms with Crippen LogP contribution < -0.4 is 15.0 Å². The molecule has 1 amide bonds. The van der Waals surface area contributed by atoms with Crippen LogP contribution in [0, 0.1) is 11.6 Å². The highest BCUT2D eigenvalue weighted by atomic mass is 19.1. The Morgan fingerprint density at radius 3 is 2.69 bits per heavy atom. The van der Waals surface area contributed by atoms with Crippen LogP contribution in [0.1, 0.15) is 27.0 Å². The van der Waals surface area contributed by atoms with Gasteiger partial charge >= 0.3 is 0 Å². The van der Waals surface area contributed by atoms with Crippen molar-refractivity contribution in [2.75, 3.05) is 31.8 Å². The van der Waals surface area contributed by atoms with E-state index in [1.807, 2.05) is 17.0 Å². The first-order valence-corrected chi connectivity index (χ1v) is 10.2. The summed E-state index contributed by atoms with van der Waals surface area (Å²) in [6.07, 6.45) is 2.62. The van der Waals surface area contributed by atoms with Crippen LogP contribution in [0.25, 0.3) is 0 Å². The molecule has 0 atom stereocenters. The number of fused-ring (bicyclic) bond motifs is 1. The number of halogens is 3. The van der Waals surface area contributed by atoms with Gasteiger partial charge in [0.25, 0.3) is 5.91 Å². The Hall–Kier alpha value is -3.55. The number of nitrogens with one attached hydrogen (secondary N) is 1. The Kier molecular flexibility index (Phi) is 6.30. The lowest BCUT2D eigenvalue weighted by atomic mass is 10.0. The maximum Gasteiger partial charge on any atom is 0.254 e. The lowest BCUT2D eigenvalue weighted by Gasteiger charge is -2.20. The normalized spacial score (nSPS) is 12.6. The van der Waals surface area contributed by atoms with Crippen LogP contribution in [0.4, 0.5) is 24.7 Å². The zero-order valence-corrected chi connectivity index (χ0v) is 17.5. The second-order valence-electron chi connectivity index (χ2n) is 7.43. The van der Waals surface area contributed by atoms with Gasteiger partial charge in [0.15, 0.2) is 11.6 Å². The van der Waals surface area contributed by atoms with Crippen molar-refractivity contribution in [3.05, 3.63) is 82.5 Å². The number of amides is 1. The van der Waals surface area contributed by atoms with Crippen LogP contribution in [0.2, 0.25) is 0 Å². The van der Waals surface area contributed by atoms with Gasteiger partial charge < -0.3 is 15.0 Å². The van der Waals surface area contributed by atoms with Crippen molar-refractivity contribution >= 4 is 17.4 Å². The molecule has 2 heterocycles. The van der Waals surface area contributed by atoms with Gasteiger partial charge in [-0.2, -0.15) is 0 Å². The topological polar surface area (TPSA) is 54.5 Å². The van der Waals surface area contributed by atoms with E-state index < -0.39 is 24.2 Å². The number of hydrogen-bond donors (Lipinski definition) is 1. The number of benzene rings is 2. The van der Waals surface area contributed by atoms with E-state index in [0.717, 1.165) is 11.1 Å². The molecule has 2 aromatic carbocycles. The molecule has 8 heteroatoms. The number of anilines is 2. The van der Waals surface area contributed by atoms with Crippen molar-refractivity contribution in [2.24, 2.45) is 0 Å². The summed E-state index contributed by atoms with van der Waals surface area (Å²) in [5.74, 6) is -0.839. The predicted molar refractivity (Wildman–Crippen MR) is 115 cm³/mol. The number of rotatable bonds is 7. The second-order valence-corrected chi connectivity index (χ2v) is 7.43. The Morgan fingerprint density at radius 2 is 1.94 bits per heavy atom. The van der Waals surface area contributed by atoms with Crippen molar-refractivity contribution < 1.29 is 22.7 Å². The Labute approximate surface area is 183 Å². The lowest BCUT2D eigenvalue weighted by Crippen LogP contribution is -2.27. The summed E-state index contributed by atoms with van der Waals surface area (Å²) < 4.78 is 45.8. The van der Waals surface area contributed by atoms with E-state index >= 15 is 0 Å². The standard InChI is InChI=1S/C24H22F3N3O2/c1-32-21-5-2-15(13-19(21)27)12-16-6-9-28-22(14-16)30-11-7-17-20(30)4-3-18(26)23(17)24(31)29-10-8-25/h2-6,9,13-14H,7-8,10-12H2,1H3,(H,29,31). The number of alkyl halides is 1. The molecule has 0 unspecified atom stereocenters. The van der Waals surface area contributed by atoms with Crippen molar-refractivity contribution in [1.82, 2.24) is 10.3 Å². The molecule has 0 aliphatic carbocycles. The van der Waals surface area contributed by atoms with Gasteiger partial charge in [-0.1, -0.05) is 6.07 Å². The fourth-order valence-corrected chi connectivity index (χ4v) is 3.96. The molecule has 166 valence electrons. The zero-order valence-electron chi connectivity index (χ0n) is 17.5. The van der Waals surface area contributed by atoms with Crippen LogP contribution in [0.15, 0.2) is 48.7 Å². The minimum Gasteiger partial charge on any atom is -0.494 e. The van der Waals surface area contributed by atoms with E-state index in [9.17, 15) is 18.0 Å². The first-order valence-electron chi connectivity index (χ1n) is 10.2. The summed E-state index contributed by atoms with van der Waals surface area (Å²) >= 11 is 0. The van der Waals surface area contributed by atoms with E-state index in [2.05, 4.69) is 10.3 Å². The lowest BCUT2D eigenvalue weighted by molar-refractivity contribution is 0.0946. The second kappa shape index (κ2) is 9.30. The van der Waals surface area contributed by atoms with E-state index in [4.69, 9.17) is 4.74 Å². The van der Waals surface area contributed by atoms with E-state index in [1.54, 1.807) is 24.4 Å². The molecule has 0 spiro atoms. The number of ether oxygens (including phenoxy) is 1. The van der Waals surface area contributed by atoms with Gasteiger partial charge in [0, 0.05) is 25.0 Å². The molecule has 32 heavy (non-hydrogen) atoms. The summed E-state index contributed by atoms with van der Waals surface area (Å²) in [7, 11) is 1.42. The van der Waals surface area contributed by atoms with Crippen molar-refractivity contribution in [1.29, 1.82) is 0 Å². The Bertz CT molecular complexity index is 1150. The summed E-state index contributed by atoms with van der Waals surface area (Å²) in [6.45, 7) is -0.361. The number of nitrogens with zero attached hydrogens (tertiary/aromatic N) is 2. The number of hydrogen-bond acceptors (Lipinski definition) is 4. The van der Waals surface area contributed by atoms with Gasteiger partial charge in [0.1, 0.15) is 18.3 Å². The predicted octanol–water partition coefficient (Wildman–Crippen LogP) is 4.35. The first-order chi connectivity index (χ1) is 15.5. The van der Waals surface area contributed by atoms with Gasteiger partial charge in [-0.25, -0.2) is 18.2 Å². The minimum absolute atomic E-state index is 0.0525. The van der Waals surface area contributed by atoms with Gasteiger partial charge in [0.05, 0.1) is 12.7 Å². The van der Waals surface area contributed by atoms with E-state index in [1.165, 1.54) is 19.2 Å². The monoisotopic (exact) mass is 441 g/mol. The summed E-state index contributed by atoms with van der Waals surface area (Å²) in [5, 5.41) is 2.40. The molecular weight excluding hydrogens is 419 g/mol. The molecule has 1 aliphatic rings. The average Bonchev–Trinajstić information content (AvgIpc) is 3.21. The molecular formula is C24H22F3N3O2. The SMILES string of the molecule is COc1ccc(Cc2ccnc(N3CCc4c3ccc(F)c4C(=O)NCCF)c2)cc1F. The third kappa shape index (κ3) is 4.26. The van der Waals surface area contributed by atoms with E-state index in [0.29, 0.717) is 36.5 Å². The molecule has 0 saturated carbocycles. The van der Waals surface area contributed by atoms with Crippen LogP contribution >= 0.6 is 0 Å². The van der Waals surface area contributed by atoms with Crippen LogP contribution in [0.5, 0.6) is 5.75 Å². The largest absolute Gasteiger partial charge is 0.494 e. The molecule has 1 aliphatic heterocycles. The van der Waals surface area contributed by atoms with Gasteiger partial charge in [-0.05, 0) is 65.9 Å². The summed E-state index contributed by atoms with van der Waals surface area (Å²) in [5.41, 5.74) is 2.93. The van der Waals surface area contributed by atoms with Crippen molar-refractivity contribution in [3.8, 4) is 5.75 Å². The Balaban J connectivity index is 1.60. The first kappa shape index (κ1) is 21.7. The third-order valence-electron chi connectivity index (χ3n) is 5.43. The molecule has 3 aromatic rings. The molecule has 4 rings (SSSR count). The highest BCUT2D eigenvalue weighted by Gasteiger charge is 2.28. The Morgan fingerprint density at radius 1 is 1.12 bits per heavy atom. The highest BCUT2D eigenvalue weighted by molar-refractivity contribution is 5.98. The van der Waals surface area contributed by atoms with Crippen LogP contribution in [-0.4, -0.2) is 37.8 Å². The zero-order chi connectivity index (χ0) is 22.7. The van der Waals surface area contributed by atoms with Crippen LogP contribution in [-0.2, 0) is 12.8 Å². The number of carbonyl (C=O) groups excluding carboxylic acids is 1. The molecule has 0 saturated heterocycles. The van der Waals surface area contributed by atoms with Gasteiger partial charge in [0.2, 0.25) is 0 Å². The number of methoxy groups -OCH3 is 1. The molecule has 0 fully saturated rings. The summed E-state index contributed by atoms with van der Waals surface area (Å²) in [4.78, 5) is 18.7. The highest BCUT2D eigenvalue weighted by Crippen LogP contribution is 2.37. The number of pyridine rings is 1. The fraction of sp³-hybridized carbons (Fsp3) is 0.250. The van der Waals surface area contributed by atoms with Crippen molar-refractivity contribution in [3.63, 3.8) is 0 Å². The van der Waals surface area contributed by atoms with Gasteiger partial charge in [-0.3, -0.25) is 4.79 Å².